The van der Waals surface area contributed by atoms with Crippen LogP contribution in [0.1, 0.15) is 106 Å². The minimum atomic E-state index is -1.45. The van der Waals surface area contributed by atoms with E-state index in [2.05, 4.69) is 11.8 Å². The number of aliphatic hydroxyl groups is 4. The Labute approximate surface area is 289 Å². The Balaban J connectivity index is 2.03. The van der Waals surface area contributed by atoms with E-state index in [1.807, 2.05) is 45.9 Å². The van der Waals surface area contributed by atoms with Crippen LogP contribution in [0.3, 0.4) is 0 Å². The number of nitrogens with zero attached hydrogens (tertiary/aromatic N) is 2. The van der Waals surface area contributed by atoms with Crippen LogP contribution in [0.15, 0.2) is 36.0 Å². The van der Waals surface area contributed by atoms with Gasteiger partial charge in [0.1, 0.15) is 11.9 Å². The average molecular weight is 679 g/mol. The van der Waals surface area contributed by atoms with Crippen molar-refractivity contribution in [2.75, 3.05) is 32.7 Å². The van der Waals surface area contributed by atoms with Gasteiger partial charge in [-0.2, -0.15) is 0 Å². The topological polar surface area (TPSA) is 143 Å². The number of allylic oxidation sites excluding steroid dienone is 4. The standard InChI is InChI=1S/C38H66N2O8/c1-8-10-20-39-21-12-22-40(24-23-39)36(44)48-34(38(7,46)19-16-31(42)17-25-41)15-14-29(4)26-28(3)13-11-18-37(6,45)27-33-35(47-33)30(5)32(43)9-2/h11,13-15,18,25,29-35,42-43,45-46H,8-10,12,16-17,19-24,26-27H2,1-7H3/b15-14+,18-11+,28-13+. The molecule has 2 saturated heterocycles. The highest BCUT2D eigenvalue weighted by Crippen LogP contribution is 2.37. The molecule has 276 valence electrons. The Morgan fingerprint density at radius 2 is 1.81 bits per heavy atom. The Hall–Kier alpha value is -2.08. The largest absolute Gasteiger partial charge is 0.439 e. The lowest BCUT2D eigenvalue weighted by Gasteiger charge is -2.33. The second-order valence-electron chi connectivity index (χ2n) is 14.8. The molecule has 0 aliphatic carbocycles. The lowest BCUT2D eigenvalue weighted by molar-refractivity contribution is -0.110. The van der Waals surface area contributed by atoms with Crippen molar-refractivity contribution in [3.05, 3.63) is 36.0 Å². The van der Waals surface area contributed by atoms with Gasteiger partial charge >= 0.3 is 6.09 Å². The molecular formula is C38H66N2O8. The summed E-state index contributed by atoms with van der Waals surface area (Å²) >= 11 is 0. The zero-order valence-corrected chi connectivity index (χ0v) is 30.7. The molecule has 10 heteroatoms. The summed E-state index contributed by atoms with van der Waals surface area (Å²) in [6.45, 7) is 17.4. The van der Waals surface area contributed by atoms with Crippen LogP contribution in [0.25, 0.3) is 0 Å². The van der Waals surface area contributed by atoms with Gasteiger partial charge in [0, 0.05) is 38.4 Å². The summed E-state index contributed by atoms with van der Waals surface area (Å²) in [5, 5.41) is 42.6. The molecule has 1 amide bonds. The molecule has 9 atom stereocenters. The minimum absolute atomic E-state index is 0.0115. The summed E-state index contributed by atoms with van der Waals surface area (Å²) in [7, 11) is 0. The quantitative estimate of drug-likeness (QED) is 0.0559. The first-order valence-electron chi connectivity index (χ1n) is 18.2. The molecule has 0 saturated carbocycles. The zero-order chi connectivity index (χ0) is 35.9. The molecule has 0 aromatic heterocycles. The predicted octanol–water partition coefficient (Wildman–Crippen LogP) is 5.18. The number of hydrogen-bond donors (Lipinski definition) is 4. The van der Waals surface area contributed by atoms with Crippen LogP contribution >= 0.6 is 0 Å². The Morgan fingerprint density at radius 1 is 1.08 bits per heavy atom. The summed E-state index contributed by atoms with van der Waals surface area (Å²) < 4.78 is 11.7. The molecule has 0 aromatic carbocycles. The number of carbonyl (C=O) groups excluding carboxylic acids is 2. The second-order valence-corrected chi connectivity index (χ2v) is 14.8. The number of ether oxygens (including phenoxy) is 2. The van der Waals surface area contributed by atoms with E-state index in [1.54, 1.807) is 30.9 Å². The van der Waals surface area contributed by atoms with Gasteiger partial charge in [-0.15, -0.1) is 0 Å². The second kappa shape index (κ2) is 20.6. The van der Waals surface area contributed by atoms with Crippen LogP contribution in [0.2, 0.25) is 0 Å². The van der Waals surface area contributed by atoms with Gasteiger partial charge in [-0.25, -0.2) is 4.79 Å². The van der Waals surface area contributed by atoms with Gasteiger partial charge in [0.2, 0.25) is 0 Å². The van der Waals surface area contributed by atoms with Crippen LogP contribution in [0.4, 0.5) is 4.79 Å². The summed E-state index contributed by atoms with van der Waals surface area (Å²) in [5.74, 6) is 0.0955. The Morgan fingerprint density at radius 3 is 2.48 bits per heavy atom. The number of unbranched alkanes of at least 4 members (excludes halogenated alkanes) is 1. The summed E-state index contributed by atoms with van der Waals surface area (Å²) in [6, 6.07) is 0. The maximum Gasteiger partial charge on any atom is 0.410 e. The Bertz CT molecular complexity index is 1060. The van der Waals surface area contributed by atoms with Crippen molar-refractivity contribution in [1.82, 2.24) is 9.80 Å². The number of amides is 1. The van der Waals surface area contributed by atoms with E-state index in [9.17, 15) is 30.0 Å². The van der Waals surface area contributed by atoms with E-state index in [0.29, 0.717) is 38.6 Å². The predicted molar refractivity (Wildman–Crippen MR) is 190 cm³/mol. The van der Waals surface area contributed by atoms with Crippen LogP contribution in [-0.4, -0.2) is 117 Å². The number of epoxide rings is 1. The molecule has 10 nitrogen and oxygen atoms in total. The van der Waals surface area contributed by atoms with Gasteiger partial charge in [0.15, 0.2) is 6.10 Å². The number of aliphatic hydroxyl groups excluding tert-OH is 2. The molecule has 0 aromatic rings. The van der Waals surface area contributed by atoms with Crippen molar-refractivity contribution in [3.8, 4) is 0 Å². The van der Waals surface area contributed by atoms with Gasteiger partial charge in [-0.05, 0) is 84.4 Å². The molecule has 2 fully saturated rings. The lowest BCUT2D eigenvalue weighted by Crippen LogP contribution is -2.45. The molecule has 0 radical (unpaired) electrons. The summed E-state index contributed by atoms with van der Waals surface area (Å²) in [4.78, 5) is 28.3. The highest BCUT2D eigenvalue weighted by Gasteiger charge is 2.47. The highest BCUT2D eigenvalue weighted by atomic mass is 16.6. The van der Waals surface area contributed by atoms with Gasteiger partial charge in [0.05, 0.1) is 30.0 Å². The SMILES string of the molecule is CCCCN1CCCN(C(=O)OC(/C=C/C(C)C/C(C)=C/C=C/C(C)(O)CC2OC2C(C)C(O)CC)C(C)(O)CCC(O)CC=O)CC1. The van der Waals surface area contributed by atoms with Crippen molar-refractivity contribution in [2.24, 2.45) is 11.8 Å². The van der Waals surface area contributed by atoms with Gasteiger partial charge in [-0.1, -0.05) is 64.0 Å². The van der Waals surface area contributed by atoms with Crippen LogP contribution in [0, 0.1) is 11.8 Å². The fourth-order valence-corrected chi connectivity index (χ4v) is 6.35. The van der Waals surface area contributed by atoms with E-state index >= 15 is 0 Å². The van der Waals surface area contributed by atoms with E-state index < -0.39 is 35.6 Å². The van der Waals surface area contributed by atoms with Crippen molar-refractivity contribution in [1.29, 1.82) is 0 Å². The van der Waals surface area contributed by atoms with E-state index in [0.717, 1.165) is 44.5 Å². The third-order valence-corrected chi connectivity index (χ3v) is 9.74. The number of hydrogen-bond acceptors (Lipinski definition) is 9. The maximum atomic E-state index is 13.3. The van der Waals surface area contributed by atoms with Crippen molar-refractivity contribution < 1.29 is 39.5 Å². The number of aldehydes is 1. The summed E-state index contributed by atoms with van der Waals surface area (Å²) in [6.07, 6.45) is 12.5. The van der Waals surface area contributed by atoms with Gasteiger partial charge in [-0.3, -0.25) is 0 Å². The smallest absolute Gasteiger partial charge is 0.410 e. The highest BCUT2D eigenvalue weighted by molar-refractivity contribution is 5.68. The summed E-state index contributed by atoms with van der Waals surface area (Å²) in [5.41, 5.74) is -1.40. The maximum absolute atomic E-state index is 13.3. The third kappa shape index (κ3) is 15.2. The van der Waals surface area contributed by atoms with Crippen molar-refractivity contribution in [3.63, 3.8) is 0 Å². The molecule has 2 aliphatic heterocycles. The van der Waals surface area contributed by atoms with Crippen LogP contribution in [0.5, 0.6) is 0 Å². The van der Waals surface area contributed by atoms with E-state index in [-0.39, 0.29) is 43.3 Å². The monoisotopic (exact) mass is 678 g/mol. The third-order valence-electron chi connectivity index (χ3n) is 9.74. The minimum Gasteiger partial charge on any atom is -0.439 e. The average Bonchev–Trinajstić information content (AvgIpc) is 3.82. The molecule has 9 unspecified atom stereocenters. The van der Waals surface area contributed by atoms with Crippen molar-refractivity contribution >= 4 is 12.4 Å². The first-order valence-corrected chi connectivity index (χ1v) is 18.2. The van der Waals surface area contributed by atoms with Crippen molar-refractivity contribution in [2.45, 2.75) is 148 Å². The molecule has 2 heterocycles. The fourth-order valence-electron chi connectivity index (χ4n) is 6.35. The molecular weight excluding hydrogens is 612 g/mol. The fraction of sp³-hybridized carbons (Fsp3) is 0.789. The van der Waals surface area contributed by atoms with Gasteiger partial charge < -0.3 is 44.5 Å². The van der Waals surface area contributed by atoms with E-state index in [1.165, 1.54) is 0 Å². The lowest BCUT2D eigenvalue weighted by atomic mass is 9.90. The first kappa shape index (κ1) is 42.1. The Kier molecular flexibility index (Phi) is 18.0. The molecule has 0 spiro atoms. The number of carbonyl (C=O) groups is 2. The molecule has 4 N–H and O–H groups in total. The van der Waals surface area contributed by atoms with E-state index in [4.69, 9.17) is 9.47 Å². The zero-order valence-electron chi connectivity index (χ0n) is 30.7. The van der Waals surface area contributed by atoms with Crippen LogP contribution in [-0.2, 0) is 14.3 Å². The molecule has 0 bridgehead atoms. The normalized spacial score (nSPS) is 25.1. The molecule has 2 aliphatic rings. The molecule has 2 rings (SSSR count). The molecule has 48 heavy (non-hydrogen) atoms. The first-order chi connectivity index (χ1) is 22.6. The number of rotatable bonds is 21. The van der Waals surface area contributed by atoms with Crippen LogP contribution < -0.4 is 0 Å². The van der Waals surface area contributed by atoms with Gasteiger partial charge in [0.25, 0.3) is 0 Å².